The minimum absolute atomic E-state index is 0.239. The molecule has 0 atom stereocenters. The van der Waals surface area contributed by atoms with E-state index in [-0.39, 0.29) is 5.56 Å². The summed E-state index contributed by atoms with van der Waals surface area (Å²) in [5.41, 5.74) is 11.8. The Morgan fingerprint density at radius 3 is 2.76 bits per heavy atom. The van der Waals surface area contributed by atoms with Crippen molar-refractivity contribution in [3.63, 3.8) is 0 Å². The van der Waals surface area contributed by atoms with E-state index >= 15 is 0 Å². The van der Waals surface area contributed by atoms with Gasteiger partial charge in [0.15, 0.2) is 0 Å². The Labute approximate surface area is 110 Å². The first-order valence-electron chi connectivity index (χ1n) is 4.58. The first-order chi connectivity index (χ1) is 7.99. The van der Waals surface area contributed by atoms with Gasteiger partial charge in [0.2, 0.25) is 0 Å². The van der Waals surface area contributed by atoms with Gasteiger partial charge in [0, 0.05) is 12.3 Å². The van der Waals surface area contributed by atoms with Crippen molar-refractivity contribution < 1.29 is 9.18 Å². The van der Waals surface area contributed by atoms with Crippen LogP contribution in [-0.2, 0) is 0 Å². The summed E-state index contributed by atoms with van der Waals surface area (Å²) < 4.78 is 15.2. The number of nitrogens with zero attached hydrogens (tertiary/aromatic N) is 2. The molecule has 0 unspecified atom stereocenters. The molecule has 5 nitrogen and oxygen atoms in total. The molecular formula is C10H8FIN4O. The summed E-state index contributed by atoms with van der Waals surface area (Å²) in [5, 5.41) is 3.91. The number of anilines is 1. The van der Waals surface area contributed by atoms with E-state index in [1.165, 1.54) is 29.2 Å². The molecule has 0 fully saturated rings. The fourth-order valence-corrected chi connectivity index (χ4v) is 1.82. The van der Waals surface area contributed by atoms with E-state index in [1.54, 1.807) is 0 Å². The molecule has 0 aliphatic rings. The van der Waals surface area contributed by atoms with E-state index in [0.717, 1.165) is 0 Å². The van der Waals surface area contributed by atoms with Crippen molar-refractivity contribution in [2.45, 2.75) is 0 Å². The van der Waals surface area contributed by atoms with Crippen molar-refractivity contribution in [1.82, 2.24) is 9.78 Å². The van der Waals surface area contributed by atoms with Crippen molar-refractivity contribution in [2.75, 3.05) is 5.73 Å². The Kier molecular flexibility index (Phi) is 3.01. The predicted molar refractivity (Wildman–Crippen MR) is 69.2 cm³/mol. The molecule has 0 radical (unpaired) electrons. The molecule has 4 N–H and O–H groups in total. The fourth-order valence-electron chi connectivity index (χ4n) is 1.33. The number of aromatic nitrogens is 2. The molecule has 17 heavy (non-hydrogen) atoms. The van der Waals surface area contributed by atoms with Crippen LogP contribution in [-0.4, -0.2) is 15.7 Å². The van der Waals surface area contributed by atoms with Crippen LogP contribution in [0.4, 0.5) is 10.1 Å². The van der Waals surface area contributed by atoms with Crippen LogP contribution in [0, 0.1) is 9.39 Å². The van der Waals surface area contributed by atoms with Gasteiger partial charge in [-0.15, -0.1) is 0 Å². The Hall–Kier alpha value is -1.64. The molecule has 0 bridgehead atoms. The molecule has 2 aromatic rings. The SMILES string of the molecule is NC(=O)c1cnn(-c2cc(F)c(I)cc2N)c1. The minimum atomic E-state index is -0.596. The standard InChI is InChI=1S/C10H8FIN4O/c11-6-1-9(8(13)2-7(6)12)16-4-5(3-15-16)10(14)17/h1-4H,13H2,(H2,14,17). The molecule has 88 valence electrons. The Morgan fingerprint density at radius 1 is 1.47 bits per heavy atom. The maximum absolute atomic E-state index is 13.4. The lowest BCUT2D eigenvalue weighted by molar-refractivity contribution is 0.100. The number of hydrogen-bond donors (Lipinski definition) is 2. The zero-order valence-electron chi connectivity index (χ0n) is 8.52. The van der Waals surface area contributed by atoms with Crippen LogP contribution in [0.15, 0.2) is 24.5 Å². The highest BCUT2D eigenvalue weighted by Gasteiger charge is 2.10. The third-order valence-electron chi connectivity index (χ3n) is 2.18. The zero-order valence-corrected chi connectivity index (χ0v) is 10.7. The van der Waals surface area contributed by atoms with Gasteiger partial charge in [-0.05, 0) is 28.7 Å². The third kappa shape index (κ3) is 2.23. The van der Waals surface area contributed by atoms with Gasteiger partial charge in [-0.25, -0.2) is 9.07 Å². The van der Waals surface area contributed by atoms with Gasteiger partial charge >= 0.3 is 0 Å². The van der Waals surface area contributed by atoms with E-state index in [2.05, 4.69) is 5.10 Å². The van der Waals surface area contributed by atoms with E-state index in [9.17, 15) is 9.18 Å². The van der Waals surface area contributed by atoms with Gasteiger partial charge in [-0.1, -0.05) is 0 Å². The quantitative estimate of drug-likeness (QED) is 0.635. The van der Waals surface area contributed by atoms with Gasteiger partial charge in [0.25, 0.3) is 5.91 Å². The fraction of sp³-hybridized carbons (Fsp3) is 0. The second-order valence-electron chi connectivity index (χ2n) is 3.36. The van der Waals surface area contributed by atoms with E-state index in [1.807, 2.05) is 22.6 Å². The molecule has 2 rings (SSSR count). The number of nitrogen functional groups attached to an aromatic ring is 1. The number of nitrogens with two attached hydrogens (primary N) is 2. The summed E-state index contributed by atoms with van der Waals surface area (Å²) >= 11 is 1.84. The topological polar surface area (TPSA) is 86.9 Å². The predicted octanol–water partition coefficient (Wildman–Crippen LogP) is 1.30. The number of hydrogen-bond acceptors (Lipinski definition) is 3. The molecule has 1 aromatic heterocycles. The second-order valence-corrected chi connectivity index (χ2v) is 4.53. The molecule has 7 heteroatoms. The van der Waals surface area contributed by atoms with Crippen molar-refractivity contribution >= 4 is 34.2 Å². The number of amides is 1. The molecule has 1 amide bonds. The lowest BCUT2D eigenvalue weighted by atomic mass is 10.2. The molecule has 0 aliphatic carbocycles. The van der Waals surface area contributed by atoms with Gasteiger partial charge in [0.1, 0.15) is 5.82 Å². The first kappa shape index (κ1) is 11.8. The number of rotatable bonds is 2. The van der Waals surface area contributed by atoms with E-state index in [4.69, 9.17) is 11.5 Å². The van der Waals surface area contributed by atoms with Gasteiger partial charge < -0.3 is 11.5 Å². The molecule has 0 spiro atoms. The van der Waals surface area contributed by atoms with E-state index in [0.29, 0.717) is 14.9 Å². The van der Waals surface area contributed by atoms with Gasteiger partial charge in [0.05, 0.1) is 26.7 Å². The van der Waals surface area contributed by atoms with Crippen molar-refractivity contribution in [3.8, 4) is 5.69 Å². The van der Waals surface area contributed by atoms with Crippen molar-refractivity contribution in [2.24, 2.45) is 5.73 Å². The second kappa shape index (κ2) is 4.32. The molecule has 0 saturated carbocycles. The summed E-state index contributed by atoms with van der Waals surface area (Å²) in [6.07, 6.45) is 2.71. The maximum Gasteiger partial charge on any atom is 0.251 e. The van der Waals surface area contributed by atoms with Crippen LogP contribution in [0.3, 0.4) is 0 Å². The lowest BCUT2D eigenvalue weighted by Gasteiger charge is -2.06. The molecule has 1 heterocycles. The number of carbonyl (C=O) groups is 1. The van der Waals surface area contributed by atoms with Crippen LogP contribution in [0.5, 0.6) is 0 Å². The Morgan fingerprint density at radius 2 is 2.18 bits per heavy atom. The normalized spacial score (nSPS) is 10.5. The molecule has 1 aromatic carbocycles. The van der Waals surface area contributed by atoms with E-state index < -0.39 is 11.7 Å². The van der Waals surface area contributed by atoms with Crippen LogP contribution < -0.4 is 11.5 Å². The average Bonchev–Trinajstić information content (AvgIpc) is 2.72. The largest absolute Gasteiger partial charge is 0.397 e. The van der Waals surface area contributed by atoms with Crippen LogP contribution >= 0.6 is 22.6 Å². The zero-order chi connectivity index (χ0) is 12.6. The van der Waals surface area contributed by atoms with Crippen LogP contribution in [0.1, 0.15) is 10.4 Å². The highest BCUT2D eigenvalue weighted by Crippen LogP contribution is 2.22. The van der Waals surface area contributed by atoms with Crippen molar-refractivity contribution in [1.29, 1.82) is 0 Å². The van der Waals surface area contributed by atoms with Gasteiger partial charge in [-0.3, -0.25) is 4.79 Å². The minimum Gasteiger partial charge on any atom is -0.397 e. The molecular weight excluding hydrogens is 338 g/mol. The summed E-state index contributed by atoms with van der Waals surface area (Å²) in [6, 6.07) is 2.76. The van der Waals surface area contributed by atoms with Crippen LogP contribution in [0.25, 0.3) is 5.69 Å². The Bertz CT molecular complexity index is 596. The first-order valence-corrected chi connectivity index (χ1v) is 5.66. The number of primary amides is 1. The maximum atomic E-state index is 13.4. The number of carbonyl (C=O) groups excluding carboxylic acids is 1. The highest BCUT2D eigenvalue weighted by molar-refractivity contribution is 14.1. The summed E-state index contributed by atoms with van der Waals surface area (Å²) in [6.45, 7) is 0. The molecule has 0 aliphatic heterocycles. The van der Waals surface area contributed by atoms with Crippen LogP contribution in [0.2, 0.25) is 0 Å². The van der Waals surface area contributed by atoms with Gasteiger partial charge in [-0.2, -0.15) is 5.10 Å². The summed E-state index contributed by atoms with van der Waals surface area (Å²) in [7, 11) is 0. The molecule has 0 saturated heterocycles. The summed E-state index contributed by atoms with van der Waals surface area (Å²) in [4.78, 5) is 10.9. The Balaban J connectivity index is 2.52. The number of benzene rings is 1. The number of halogens is 2. The summed E-state index contributed by atoms with van der Waals surface area (Å²) in [5.74, 6) is -0.994. The average molecular weight is 346 g/mol. The van der Waals surface area contributed by atoms with Crippen molar-refractivity contribution in [3.05, 3.63) is 39.5 Å². The lowest BCUT2D eigenvalue weighted by Crippen LogP contribution is -2.09. The highest BCUT2D eigenvalue weighted by atomic mass is 127. The smallest absolute Gasteiger partial charge is 0.251 e. The third-order valence-corrected chi connectivity index (χ3v) is 3.01. The monoisotopic (exact) mass is 346 g/mol.